The molecule has 0 aromatic heterocycles. The molecule has 1 N–H and O–H groups in total. The molecule has 1 heterocycles. The van der Waals surface area contributed by atoms with Crippen molar-refractivity contribution >= 4 is 11.5 Å². The number of nitrogens with zero attached hydrogens (tertiary/aromatic N) is 1. The van der Waals surface area contributed by atoms with Crippen LogP contribution in [0, 0.1) is 11.3 Å². The molecule has 0 aliphatic carbocycles. The topological polar surface area (TPSA) is 52.9 Å². The summed E-state index contributed by atoms with van der Waals surface area (Å²) in [5.41, 5.74) is 6.77. The van der Waals surface area contributed by atoms with Gasteiger partial charge in [-0.3, -0.25) is 4.79 Å². The van der Waals surface area contributed by atoms with Gasteiger partial charge in [0.1, 0.15) is 11.6 Å². The van der Waals surface area contributed by atoms with E-state index in [1.807, 2.05) is 67.6 Å². The molecule has 1 amide bonds. The zero-order valence-corrected chi connectivity index (χ0v) is 19.0. The second kappa shape index (κ2) is 8.84. The molecule has 0 saturated heterocycles. The van der Waals surface area contributed by atoms with E-state index in [9.17, 15) is 10.1 Å². The van der Waals surface area contributed by atoms with Gasteiger partial charge in [-0.25, -0.2) is 0 Å². The summed E-state index contributed by atoms with van der Waals surface area (Å²) in [4.78, 5) is 13.0. The number of amides is 1. The Balaban J connectivity index is 1.48. The standard InChI is InChI=1S/C31H24N2O/c1-31(27-18-16-25(17-19-27)23-10-6-3-7-11-23)20-28(29(21-32)30(34)33-31)26-14-12-24(13-15-26)22-8-4-2-5-9-22/h2-19H,20H2,1H3,(H,33,34)/t31-/m0/s1. The van der Waals surface area contributed by atoms with Crippen LogP contribution in [-0.2, 0) is 10.3 Å². The lowest BCUT2D eigenvalue weighted by Gasteiger charge is -2.36. The van der Waals surface area contributed by atoms with Gasteiger partial charge in [0, 0.05) is 6.42 Å². The second-order valence-electron chi connectivity index (χ2n) is 8.82. The fourth-order valence-electron chi connectivity index (χ4n) is 4.63. The number of benzene rings is 4. The van der Waals surface area contributed by atoms with Crippen molar-refractivity contribution in [3.05, 3.63) is 126 Å². The first-order chi connectivity index (χ1) is 16.6. The van der Waals surface area contributed by atoms with E-state index in [4.69, 9.17) is 0 Å². The molecule has 0 bridgehead atoms. The van der Waals surface area contributed by atoms with Crippen molar-refractivity contribution in [3.63, 3.8) is 0 Å². The lowest BCUT2D eigenvalue weighted by Crippen LogP contribution is -2.47. The van der Waals surface area contributed by atoms with E-state index in [1.54, 1.807) is 0 Å². The third kappa shape index (κ3) is 4.02. The van der Waals surface area contributed by atoms with E-state index in [2.05, 4.69) is 59.9 Å². The van der Waals surface area contributed by atoms with Gasteiger partial charge in [0.25, 0.3) is 5.91 Å². The Bertz CT molecular complexity index is 1400. The maximum Gasteiger partial charge on any atom is 0.262 e. The summed E-state index contributed by atoms with van der Waals surface area (Å²) in [7, 11) is 0. The quantitative estimate of drug-likeness (QED) is 0.382. The van der Waals surface area contributed by atoms with Crippen molar-refractivity contribution in [2.24, 2.45) is 0 Å². The van der Waals surface area contributed by atoms with Gasteiger partial charge in [0.2, 0.25) is 0 Å². The van der Waals surface area contributed by atoms with Gasteiger partial charge in [0.05, 0.1) is 5.54 Å². The molecule has 34 heavy (non-hydrogen) atoms. The van der Waals surface area contributed by atoms with Crippen LogP contribution >= 0.6 is 0 Å². The first-order valence-corrected chi connectivity index (χ1v) is 11.3. The van der Waals surface area contributed by atoms with E-state index in [1.165, 1.54) is 0 Å². The number of carbonyl (C=O) groups is 1. The molecular formula is C31H24N2O. The summed E-state index contributed by atoms with van der Waals surface area (Å²) in [6, 6.07) is 38.9. The SMILES string of the molecule is C[C@@]1(c2ccc(-c3ccccc3)cc2)CC(c2ccc(-c3ccccc3)cc2)=C(C#N)C(=O)N1. The molecule has 3 heteroatoms. The Morgan fingerprint density at radius 3 is 1.62 bits per heavy atom. The van der Waals surface area contributed by atoms with Gasteiger partial charge in [-0.05, 0) is 45.9 Å². The van der Waals surface area contributed by atoms with Crippen LogP contribution in [0.3, 0.4) is 0 Å². The number of nitrogens with one attached hydrogen (secondary N) is 1. The van der Waals surface area contributed by atoms with Crippen LogP contribution in [0.25, 0.3) is 27.8 Å². The fraction of sp³-hybridized carbons (Fsp3) is 0.0968. The predicted molar refractivity (Wildman–Crippen MR) is 136 cm³/mol. The normalized spacial score (nSPS) is 17.7. The summed E-state index contributed by atoms with van der Waals surface area (Å²) in [5.74, 6) is -0.328. The molecule has 1 aliphatic rings. The van der Waals surface area contributed by atoms with Gasteiger partial charge in [-0.1, -0.05) is 109 Å². The number of nitriles is 1. The molecule has 0 radical (unpaired) electrons. The molecule has 0 saturated carbocycles. The molecule has 3 nitrogen and oxygen atoms in total. The number of hydrogen-bond donors (Lipinski definition) is 1. The van der Waals surface area contributed by atoms with Crippen LogP contribution in [0.1, 0.15) is 24.5 Å². The Labute approximate surface area is 200 Å². The van der Waals surface area contributed by atoms with Gasteiger partial charge >= 0.3 is 0 Å². The van der Waals surface area contributed by atoms with E-state index >= 15 is 0 Å². The smallest absolute Gasteiger partial charge is 0.262 e. The Morgan fingerprint density at radius 1 is 0.676 bits per heavy atom. The van der Waals surface area contributed by atoms with Crippen molar-refractivity contribution < 1.29 is 4.79 Å². The van der Waals surface area contributed by atoms with E-state index in [-0.39, 0.29) is 11.5 Å². The van der Waals surface area contributed by atoms with Gasteiger partial charge in [-0.2, -0.15) is 5.26 Å². The summed E-state index contributed by atoms with van der Waals surface area (Å²) < 4.78 is 0. The zero-order valence-electron chi connectivity index (χ0n) is 19.0. The molecule has 4 aromatic carbocycles. The monoisotopic (exact) mass is 440 g/mol. The molecule has 4 aromatic rings. The van der Waals surface area contributed by atoms with Crippen LogP contribution in [0.5, 0.6) is 0 Å². The van der Waals surface area contributed by atoms with Crippen molar-refractivity contribution in [2.45, 2.75) is 18.9 Å². The minimum atomic E-state index is -0.611. The summed E-state index contributed by atoms with van der Waals surface area (Å²) in [6.07, 6.45) is 0.539. The highest BCUT2D eigenvalue weighted by Gasteiger charge is 2.37. The highest BCUT2D eigenvalue weighted by atomic mass is 16.1. The van der Waals surface area contributed by atoms with E-state index in [0.717, 1.165) is 39.0 Å². The first kappa shape index (κ1) is 21.4. The molecule has 1 aliphatic heterocycles. The molecule has 0 unspecified atom stereocenters. The Kier molecular flexibility index (Phi) is 5.57. The third-order valence-electron chi connectivity index (χ3n) is 6.53. The van der Waals surface area contributed by atoms with E-state index in [0.29, 0.717) is 6.42 Å². The van der Waals surface area contributed by atoms with Crippen molar-refractivity contribution in [2.75, 3.05) is 0 Å². The maximum atomic E-state index is 13.0. The van der Waals surface area contributed by atoms with E-state index < -0.39 is 5.54 Å². The van der Waals surface area contributed by atoms with Gasteiger partial charge in [0.15, 0.2) is 0 Å². The van der Waals surface area contributed by atoms with Crippen LogP contribution in [0.2, 0.25) is 0 Å². The zero-order chi connectivity index (χ0) is 23.5. The summed E-state index contributed by atoms with van der Waals surface area (Å²) in [5, 5.41) is 12.8. The largest absolute Gasteiger partial charge is 0.342 e. The molecule has 164 valence electrons. The predicted octanol–water partition coefficient (Wildman–Crippen LogP) is 6.73. The van der Waals surface area contributed by atoms with Gasteiger partial charge < -0.3 is 5.32 Å². The molecular weight excluding hydrogens is 416 g/mol. The van der Waals surface area contributed by atoms with Crippen LogP contribution in [-0.4, -0.2) is 5.91 Å². The second-order valence-corrected chi connectivity index (χ2v) is 8.82. The van der Waals surface area contributed by atoms with Crippen LogP contribution < -0.4 is 5.32 Å². The molecule has 1 atom stereocenters. The Hall–Kier alpha value is -4.42. The third-order valence-corrected chi connectivity index (χ3v) is 6.53. The summed E-state index contributed by atoms with van der Waals surface area (Å²) >= 11 is 0. The Morgan fingerprint density at radius 2 is 1.12 bits per heavy atom. The highest BCUT2D eigenvalue weighted by molar-refractivity contribution is 6.07. The molecule has 5 rings (SSSR count). The molecule has 0 fully saturated rings. The first-order valence-electron chi connectivity index (χ1n) is 11.3. The lowest BCUT2D eigenvalue weighted by atomic mass is 9.78. The van der Waals surface area contributed by atoms with Crippen LogP contribution in [0.4, 0.5) is 0 Å². The minimum absolute atomic E-state index is 0.186. The van der Waals surface area contributed by atoms with Crippen molar-refractivity contribution in [3.8, 4) is 28.3 Å². The highest BCUT2D eigenvalue weighted by Crippen LogP contribution is 2.39. The number of rotatable bonds is 4. The molecule has 0 spiro atoms. The average molecular weight is 441 g/mol. The van der Waals surface area contributed by atoms with Gasteiger partial charge in [-0.15, -0.1) is 0 Å². The van der Waals surface area contributed by atoms with Crippen molar-refractivity contribution in [1.82, 2.24) is 5.32 Å². The minimum Gasteiger partial charge on any atom is -0.342 e. The maximum absolute atomic E-state index is 13.0. The fourth-order valence-corrected chi connectivity index (χ4v) is 4.63. The number of carbonyl (C=O) groups excluding carboxylic acids is 1. The van der Waals surface area contributed by atoms with Crippen molar-refractivity contribution in [1.29, 1.82) is 5.26 Å². The van der Waals surface area contributed by atoms with Crippen LogP contribution in [0.15, 0.2) is 115 Å². The number of hydrogen-bond acceptors (Lipinski definition) is 2. The summed E-state index contributed by atoms with van der Waals surface area (Å²) in [6.45, 7) is 2.02. The lowest BCUT2D eigenvalue weighted by molar-refractivity contribution is -0.119. The average Bonchev–Trinajstić information content (AvgIpc) is 2.89.